The maximum absolute atomic E-state index is 4.11. The first-order valence-electron chi connectivity index (χ1n) is 0.143. The van der Waals surface area contributed by atoms with Gasteiger partial charge in [0.15, 0.2) is 0 Å². The van der Waals surface area contributed by atoms with E-state index in [0.29, 0.717) is 0 Å². The van der Waals surface area contributed by atoms with Gasteiger partial charge in [-0.25, -0.2) is 0 Å². The van der Waals surface area contributed by atoms with Gasteiger partial charge in [-0.2, -0.15) is 0 Å². The van der Waals surface area contributed by atoms with Crippen LogP contribution in [-0.2, 0) is 0 Å². The second-order valence-corrected chi connectivity index (χ2v) is 0. The zero-order valence-electron chi connectivity index (χ0n) is 5.51. The van der Waals surface area contributed by atoms with Gasteiger partial charge in [-0.1, -0.05) is 22.3 Å². The SMILES string of the molecule is C.C.C.ClCl.[Cl-].[Cl-].[H-].[HH].[Li+].[Li+].[Li+]. The summed E-state index contributed by atoms with van der Waals surface area (Å²) in [4.78, 5) is 0. The summed E-state index contributed by atoms with van der Waals surface area (Å²) in [7, 11) is 8.22. The molecule has 0 heterocycles. The van der Waals surface area contributed by atoms with Crippen LogP contribution in [0, 0.1) is 0 Å². The van der Waals surface area contributed by atoms with Gasteiger partial charge < -0.3 is 26.2 Å². The summed E-state index contributed by atoms with van der Waals surface area (Å²) >= 11 is 0. The minimum atomic E-state index is 0. The normalized spacial score (nSPS) is 0.600. The molecule has 0 aromatic heterocycles. The van der Waals surface area contributed by atoms with Crippen LogP contribution in [0.4, 0.5) is 0 Å². The molecule has 0 aliphatic rings. The van der Waals surface area contributed by atoms with Gasteiger partial charge in [0.25, 0.3) is 0 Å². The van der Waals surface area contributed by atoms with Crippen molar-refractivity contribution in [3.63, 3.8) is 0 Å². The topological polar surface area (TPSA) is 0 Å². The first-order valence-corrected chi connectivity index (χ1v) is 1.29. The van der Waals surface area contributed by atoms with Gasteiger partial charge >= 0.3 is 56.6 Å². The second-order valence-electron chi connectivity index (χ2n) is 0. The van der Waals surface area contributed by atoms with E-state index in [9.17, 15) is 0 Å². The first-order chi connectivity index (χ1) is 1.00. The van der Waals surface area contributed by atoms with E-state index in [1.54, 1.807) is 0 Å². The van der Waals surface area contributed by atoms with Gasteiger partial charge in [-0.05, 0) is 0 Å². The average Bonchev–Trinajstić information content (AvgIpc) is 1.00. The minimum Gasteiger partial charge on any atom is -1.00 e. The van der Waals surface area contributed by atoms with Gasteiger partial charge in [0, 0.05) is 23.1 Å². The van der Waals surface area contributed by atoms with E-state index in [0.717, 1.165) is 0 Å². The Kier molecular flexibility index (Phi) is 1950. The van der Waals surface area contributed by atoms with E-state index in [1.165, 1.54) is 0 Å². The van der Waals surface area contributed by atoms with Gasteiger partial charge in [-0.3, -0.25) is 0 Å². The Morgan fingerprint density at radius 2 is 0.700 bits per heavy atom. The molecule has 0 fully saturated rings. The zero-order valence-corrected chi connectivity index (χ0v) is 7.54. The molecule has 58 valence electrons. The second kappa shape index (κ2) is 164. The quantitative estimate of drug-likeness (QED) is 0.351. The van der Waals surface area contributed by atoms with Crippen molar-refractivity contribution < 1.29 is 84.2 Å². The van der Waals surface area contributed by atoms with E-state index in [1.807, 2.05) is 0 Å². The van der Waals surface area contributed by atoms with Crippen molar-refractivity contribution in [1.29, 1.82) is 0 Å². The summed E-state index contributed by atoms with van der Waals surface area (Å²) in [6.07, 6.45) is 0. The van der Waals surface area contributed by atoms with Crippen LogP contribution in [0.25, 0.3) is 0 Å². The molecule has 0 amide bonds. The smallest absolute Gasteiger partial charge is 1.00 e. The van der Waals surface area contributed by atoms with Crippen LogP contribution in [0.2, 0.25) is 0 Å². The van der Waals surface area contributed by atoms with Gasteiger partial charge in [0.2, 0.25) is 0 Å². The van der Waals surface area contributed by atoms with Crippen LogP contribution in [0.1, 0.15) is 25.1 Å². The number of halogens is 4. The van der Waals surface area contributed by atoms with Crippen molar-refractivity contribution in [3.05, 3.63) is 0 Å². The van der Waals surface area contributed by atoms with E-state index < -0.39 is 0 Å². The third kappa shape index (κ3) is 124. The van der Waals surface area contributed by atoms with E-state index in [-0.39, 0.29) is 107 Å². The molecular formula is C3H15Cl4Li3. The molecule has 0 spiro atoms. The fourth-order valence-electron chi connectivity index (χ4n) is 0. The van der Waals surface area contributed by atoms with Crippen LogP contribution in [0.15, 0.2) is 0 Å². The predicted octanol–water partition coefficient (Wildman–Crippen LogP) is -11.3. The molecule has 0 saturated carbocycles. The Hall–Kier alpha value is 2.95. The predicted molar refractivity (Wildman–Crippen MR) is 35.1 cm³/mol. The summed E-state index contributed by atoms with van der Waals surface area (Å²) in [5.41, 5.74) is 0. The largest absolute Gasteiger partial charge is 1.00 e. The molecule has 0 unspecified atom stereocenters. The molecule has 0 bridgehead atoms. The molecule has 0 saturated heterocycles. The van der Waals surface area contributed by atoms with E-state index in [4.69, 9.17) is 0 Å². The molecular weight excluding hydrogens is 199 g/mol. The van der Waals surface area contributed by atoms with Crippen molar-refractivity contribution in [3.8, 4) is 0 Å². The molecule has 0 N–H and O–H groups in total. The summed E-state index contributed by atoms with van der Waals surface area (Å²) < 4.78 is 0. The van der Waals surface area contributed by atoms with Crippen molar-refractivity contribution in [2.75, 3.05) is 0 Å². The maximum Gasteiger partial charge on any atom is 1.00 e. The third-order valence-electron chi connectivity index (χ3n) is 0. The molecule has 0 radical (unpaired) electrons. The Morgan fingerprint density at radius 3 is 0.700 bits per heavy atom. The average molecular weight is 214 g/mol. The van der Waals surface area contributed by atoms with Gasteiger partial charge in [0.05, 0.1) is 0 Å². The van der Waals surface area contributed by atoms with Crippen LogP contribution in [0.5, 0.6) is 0 Å². The molecule has 0 nitrogen and oxygen atoms in total. The molecule has 0 aromatic carbocycles. The van der Waals surface area contributed by atoms with Crippen LogP contribution >= 0.6 is 21.7 Å². The van der Waals surface area contributed by atoms with Crippen LogP contribution in [0.3, 0.4) is 0 Å². The Morgan fingerprint density at radius 1 is 0.700 bits per heavy atom. The number of hydrogen-bond donors (Lipinski definition) is 0. The van der Waals surface area contributed by atoms with E-state index in [2.05, 4.69) is 21.7 Å². The molecule has 0 rings (SSSR count). The fourth-order valence-corrected chi connectivity index (χ4v) is 0. The molecule has 0 atom stereocenters. The monoisotopic (exact) mass is 212 g/mol. The number of hydrogen-bond acceptors (Lipinski definition) is 0. The molecule has 0 aliphatic heterocycles. The number of rotatable bonds is 0. The summed E-state index contributed by atoms with van der Waals surface area (Å²) in [5.74, 6) is 0. The Balaban J connectivity index is -0.000000000111. The first kappa shape index (κ1) is 118. The maximum atomic E-state index is 4.11. The molecule has 0 aliphatic carbocycles. The molecule has 10 heavy (non-hydrogen) atoms. The van der Waals surface area contributed by atoms with Gasteiger partial charge in [0.1, 0.15) is 0 Å². The minimum absolute atomic E-state index is 0. The standard InChI is InChI=1S/3CH4.Cl2.2ClH.3Li.H2.H/c;;;1-2;;;;;;;/h3*1H4;;2*1H;;;;1H;/q;;;;;;3*+1;;-1/p-2. The van der Waals surface area contributed by atoms with Crippen LogP contribution < -0.4 is 81.4 Å². The van der Waals surface area contributed by atoms with Crippen molar-refractivity contribution in [1.82, 2.24) is 0 Å². The van der Waals surface area contributed by atoms with Gasteiger partial charge in [-0.15, -0.1) is 0 Å². The van der Waals surface area contributed by atoms with E-state index >= 15 is 0 Å². The fraction of sp³-hybridized carbons (Fsp3) is 1.00. The summed E-state index contributed by atoms with van der Waals surface area (Å²) in [5, 5.41) is 0. The molecule has 0 aromatic rings. The zero-order chi connectivity index (χ0) is 2.00. The third-order valence-corrected chi connectivity index (χ3v) is 0. The Bertz CT molecular complexity index is 23.5. The van der Waals surface area contributed by atoms with Crippen molar-refractivity contribution >= 4 is 21.7 Å². The molecule has 7 heteroatoms. The van der Waals surface area contributed by atoms with Crippen LogP contribution in [-0.4, -0.2) is 0 Å². The van der Waals surface area contributed by atoms with Crippen molar-refractivity contribution in [2.24, 2.45) is 0 Å². The summed E-state index contributed by atoms with van der Waals surface area (Å²) in [6, 6.07) is 0. The Labute approximate surface area is 127 Å². The van der Waals surface area contributed by atoms with Crippen molar-refractivity contribution in [2.45, 2.75) is 22.3 Å². The summed E-state index contributed by atoms with van der Waals surface area (Å²) in [6.45, 7) is 0.